The number of phosphoric acid groups is 1. The minimum absolute atomic E-state index is 0. The summed E-state index contributed by atoms with van der Waals surface area (Å²) >= 11 is 0. The third kappa shape index (κ3) is 76.7. The van der Waals surface area contributed by atoms with E-state index in [4.69, 9.17) is 19.2 Å². The van der Waals surface area contributed by atoms with Gasteiger partial charge >= 0.3 is 62.6 Å². The van der Waals surface area contributed by atoms with E-state index in [1.54, 1.807) is 0 Å². The Morgan fingerprint density at radius 3 is 1.14 bits per heavy atom. The minimum atomic E-state index is -4.64. The van der Waals surface area contributed by atoms with Crippen molar-refractivity contribution >= 4 is 62.6 Å². The summed E-state index contributed by atoms with van der Waals surface area (Å²) < 4.78 is 8.88. The molecule has 0 aliphatic rings. The fraction of sp³-hybridized carbons (Fsp3) is 0. The van der Waals surface area contributed by atoms with Crippen molar-refractivity contribution in [3.63, 3.8) is 0 Å². The van der Waals surface area contributed by atoms with Crippen molar-refractivity contribution in [3.05, 3.63) is 0 Å². The van der Waals surface area contributed by atoms with Crippen LogP contribution in [0.3, 0.4) is 0 Å². The molecule has 0 fully saturated rings. The third-order valence-electron chi connectivity index (χ3n) is 0. The van der Waals surface area contributed by atoms with Crippen LogP contribution in [0.25, 0.3) is 0 Å². The van der Waals surface area contributed by atoms with E-state index in [1.807, 2.05) is 0 Å². The Kier molecular flexibility index (Phi) is 13.7. The van der Waals surface area contributed by atoms with Gasteiger partial charge in [-0.3, -0.25) is 0 Å². The predicted molar refractivity (Wildman–Crippen MR) is 31.4 cm³/mol. The van der Waals surface area contributed by atoms with Crippen molar-refractivity contribution in [2.24, 2.45) is 0 Å². The van der Waals surface area contributed by atoms with Gasteiger partial charge in [0, 0.05) is 0 Å². The molecule has 0 aliphatic carbocycles. The Bertz CT molecular complexity index is 57.8. The summed E-state index contributed by atoms with van der Waals surface area (Å²) in [7, 11) is -4.64. The summed E-state index contributed by atoms with van der Waals surface area (Å²) in [5, 5.41) is 0. The van der Waals surface area contributed by atoms with E-state index >= 15 is 0 Å². The Balaban J connectivity index is -0.0000000800. The van der Waals surface area contributed by atoms with Gasteiger partial charge in [0.05, 0.1) is 0 Å². The molecule has 0 rings (SSSR count). The molecular weight excluding hydrogens is 214 g/mol. The van der Waals surface area contributed by atoms with Gasteiger partial charge in [0.2, 0.25) is 0 Å². The normalized spacial score (nSPS) is 8.43. The van der Waals surface area contributed by atoms with Gasteiger partial charge in [0.15, 0.2) is 0 Å². The van der Waals surface area contributed by atoms with Crippen LogP contribution in [0.1, 0.15) is 0 Å². The molecule has 0 atom stereocenters. The van der Waals surface area contributed by atoms with Gasteiger partial charge in [-0.1, -0.05) is 0 Å². The predicted octanol–water partition coefficient (Wildman–Crippen LogP) is -2.76. The summed E-state index contributed by atoms with van der Waals surface area (Å²) in [6, 6.07) is 0. The van der Waals surface area contributed by atoms with E-state index in [9.17, 15) is 0 Å². The molecule has 0 heterocycles. The molecule has 0 unspecified atom stereocenters. The van der Waals surface area contributed by atoms with Gasteiger partial charge in [-0.05, 0) is 0 Å². The van der Waals surface area contributed by atoms with E-state index in [-0.39, 0.29) is 54.8 Å². The van der Waals surface area contributed by atoms with Crippen LogP contribution in [-0.4, -0.2) is 69.5 Å². The van der Waals surface area contributed by atoms with Crippen molar-refractivity contribution in [1.82, 2.24) is 0 Å². The second kappa shape index (κ2) is 6.02. The standard InChI is InChI=1S/Ca.H3O4P.H2Se.2H/c;1-5(2,3)4;;;/h;(H3,1,2,3,4);1H2;;. The van der Waals surface area contributed by atoms with Crippen LogP contribution >= 0.6 is 7.82 Å². The first-order valence-corrected chi connectivity index (χ1v) is 2.35. The molecule has 3 N–H and O–H groups in total. The van der Waals surface area contributed by atoms with Crippen molar-refractivity contribution < 1.29 is 19.2 Å². The van der Waals surface area contributed by atoms with Gasteiger partial charge in [-0.25, -0.2) is 4.57 Å². The Morgan fingerprint density at radius 1 is 1.14 bits per heavy atom. The average Bonchev–Trinajstić information content (AvgIpc) is 0.722. The van der Waals surface area contributed by atoms with Crippen LogP contribution < -0.4 is 0 Å². The Labute approximate surface area is 81.0 Å². The van der Waals surface area contributed by atoms with E-state index in [1.165, 1.54) is 0 Å². The molecule has 44 valence electrons. The Hall–Kier alpha value is 1.89. The molecule has 7 heavy (non-hydrogen) atoms. The molecular formula is H7CaO4PSe. The van der Waals surface area contributed by atoms with Gasteiger partial charge in [-0.2, -0.15) is 0 Å². The zero-order chi connectivity index (χ0) is 4.50. The van der Waals surface area contributed by atoms with Crippen molar-refractivity contribution in [3.8, 4) is 0 Å². The maximum atomic E-state index is 8.88. The number of rotatable bonds is 0. The van der Waals surface area contributed by atoms with E-state index in [0.717, 1.165) is 0 Å². The summed E-state index contributed by atoms with van der Waals surface area (Å²) in [6.45, 7) is 0. The first kappa shape index (κ1) is 16.0. The molecule has 0 aromatic heterocycles. The zero-order valence-electron chi connectivity index (χ0n) is 2.70. The van der Waals surface area contributed by atoms with Crippen LogP contribution in [0.5, 0.6) is 0 Å². The molecule has 4 nitrogen and oxygen atoms in total. The van der Waals surface area contributed by atoms with Crippen LogP contribution in [-0.2, 0) is 4.57 Å². The summed E-state index contributed by atoms with van der Waals surface area (Å²) in [5.41, 5.74) is 0. The van der Waals surface area contributed by atoms with Crippen LogP contribution in [0, 0.1) is 0 Å². The van der Waals surface area contributed by atoms with E-state index < -0.39 is 7.82 Å². The molecule has 0 aliphatic heterocycles. The molecule has 0 saturated carbocycles. The molecule has 0 saturated heterocycles. The Morgan fingerprint density at radius 2 is 1.14 bits per heavy atom. The molecule has 0 spiro atoms. The van der Waals surface area contributed by atoms with Crippen molar-refractivity contribution in [1.29, 1.82) is 0 Å². The average molecular weight is 221 g/mol. The van der Waals surface area contributed by atoms with Crippen LogP contribution in [0.4, 0.5) is 0 Å². The topological polar surface area (TPSA) is 77.8 Å². The van der Waals surface area contributed by atoms with E-state index in [2.05, 4.69) is 0 Å². The quantitative estimate of drug-likeness (QED) is 0.306. The maximum absolute atomic E-state index is 8.88. The first-order valence-electron chi connectivity index (χ1n) is 0.783. The molecule has 0 radical (unpaired) electrons. The SMILES string of the molecule is O=P(O)(O)O.[CaH2].[SeH2]. The summed E-state index contributed by atoms with van der Waals surface area (Å²) in [4.78, 5) is 21.6. The van der Waals surface area contributed by atoms with Crippen molar-refractivity contribution in [2.75, 3.05) is 0 Å². The van der Waals surface area contributed by atoms with Gasteiger partial charge in [0.1, 0.15) is 0 Å². The second-order valence-electron chi connectivity index (χ2n) is 0.513. The van der Waals surface area contributed by atoms with Crippen LogP contribution in [0.15, 0.2) is 0 Å². The van der Waals surface area contributed by atoms with Gasteiger partial charge in [-0.15, -0.1) is 0 Å². The molecule has 0 bridgehead atoms. The van der Waals surface area contributed by atoms with Gasteiger partial charge < -0.3 is 14.7 Å². The van der Waals surface area contributed by atoms with Crippen molar-refractivity contribution in [2.45, 2.75) is 0 Å². The first-order chi connectivity index (χ1) is 2.00. The van der Waals surface area contributed by atoms with E-state index in [0.29, 0.717) is 0 Å². The fourth-order valence-corrected chi connectivity index (χ4v) is 0. The fourth-order valence-electron chi connectivity index (χ4n) is 0. The number of hydrogen-bond donors (Lipinski definition) is 3. The molecule has 7 heteroatoms. The van der Waals surface area contributed by atoms with Crippen LogP contribution in [0.2, 0.25) is 0 Å². The zero-order valence-corrected chi connectivity index (χ0v) is 5.69. The number of hydrogen-bond acceptors (Lipinski definition) is 1. The molecule has 0 amide bonds. The summed E-state index contributed by atoms with van der Waals surface area (Å²) in [5.74, 6) is 0. The second-order valence-corrected chi connectivity index (χ2v) is 1.54. The summed E-state index contributed by atoms with van der Waals surface area (Å²) in [6.07, 6.45) is 0. The molecule has 0 aromatic rings. The molecule has 0 aromatic carbocycles. The monoisotopic (exact) mass is 222 g/mol. The van der Waals surface area contributed by atoms with Gasteiger partial charge in [0.25, 0.3) is 0 Å². The third-order valence-corrected chi connectivity index (χ3v) is 0.